The lowest BCUT2D eigenvalue weighted by Gasteiger charge is -2.32. The highest BCUT2D eigenvalue weighted by atomic mass is 19.4. The number of amides is 1. The lowest BCUT2D eigenvalue weighted by Crippen LogP contribution is -2.52. The number of aliphatic hydroxyl groups excluding tert-OH is 1. The van der Waals surface area contributed by atoms with Crippen molar-refractivity contribution < 1.29 is 42.0 Å². The van der Waals surface area contributed by atoms with Gasteiger partial charge in [0.05, 0.1) is 23.4 Å². The first-order chi connectivity index (χ1) is 16.0. The first kappa shape index (κ1) is 26.3. The SMILES string of the molecule is C=C(O)[C@@]1(C)COc2c1cc(C(O)(CNC(=O)OC(C)(C)C)C(F)(F)F)nc2-c1ccc(F)cc1. The Morgan fingerprint density at radius 1 is 1.26 bits per heavy atom. The molecule has 3 rings (SSSR count). The molecule has 0 saturated heterocycles. The molecule has 1 aliphatic heterocycles. The number of aromatic nitrogens is 1. The number of fused-ring (bicyclic) bond motifs is 1. The Balaban J connectivity index is 2.18. The zero-order valence-electron chi connectivity index (χ0n) is 19.6. The number of pyridine rings is 1. The topological polar surface area (TPSA) is 101 Å². The minimum atomic E-state index is -5.28. The summed E-state index contributed by atoms with van der Waals surface area (Å²) in [4.78, 5) is 16.1. The fourth-order valence-corrected chi connectivity index (χ4v) is 3.49. The van der Waals surface area contributed by atoms with E-state index in [-0.39, 0.29) is 34.9 Å². The van der Waals surface area contributed by atoms with Crippen LogP contribution in [0.15, 0.2) is 42.7 Å². The monoisotopic (exact) mass is 498 g/mol. The normalized spacial score (nSPS) is 19.3. The summed E-state index contributed by atoms with van der Waals surface area (Å²) in [5.41, 5.74) is -6.61. The standard InChI is InChI=1S/C24H26F4N2O5/c1-13(31)22(5)12-34-19-16(22)10-17(30-18(19)14-6-8-15(25)9-7-14)23(33,24(26,27)28)11-29-20(32)35-21(2,3)4/h6-10,31,33H,1,11-12H2,2-5H3,(H,29,32)/t22-,23?/m1/s1. The number of alkyl carbamates (subject to hydrolysis) is 1. The first-order valence-electron chi connectivity index (χ1n) is 10.6. The quantitative estimate of drug-likeness (QED) is 0.401. The van der Waals surface area contributed by atoms with E-state index in [4.69, 9.17) is 9.47 Å². The molecule has 1 aromatic heterocycles. The van der Waals surface area contributed by atoms with E-state index in [1.165, 1.54) is 39.8 Å². The van der Waals surface area contributed by atoms with Crippen LogP contribution < -0.4 is 10.1 Å². The molecule has 0 bridgehead atoms. The number of halogens is 4. The predicted molar refractivity (Wildman–Crippen MR) is 118 cm³/mol. The molecule has 2 heterocycles. The Bertz CT molecular complexity index is 1140. The second kappa shape index (κ2) is 8.71. The van der Waals surface area contributed by atoms with Crippen molar-refractivity contribution in [3.8, 4) is 17.0 Å². The number of carbonyl (C=O) groups is 1. The number of hydrogen-bond acceptors (Lipinski definition) is 6. The van der Waals surface area contributed by atoms with Crippen molar-refractivity contribution in [1.29, 1.82) is 0 Å². The van der Waals surface area contributed by atoms with E-state index in [1.54, 1.807) is 0 Å². The zero-order chi connectivity index (χ0) is 26.4. The van der Waals surface area contributed by atoms with Crippen LogP contribution in [0.1, 0.15) is 39.0 Å². The first-order valence-corrected chi connectivity index (χ1v) is 10.6. The van der Waals surface area contributed by atoms with Crippen molar-refractivity contribution >= 4 is 6.09 Å². The van der Waals surface area contributed by atoms with Crippen molar-refractivity contribution in [2.75, 3.05) is 13.2 Å². The molecule has 1 unspecified atom stereocenters. The number of aliphatic hydroxyl groups is 2. The van der Waals surface area contributed by atoms with Gasteiger partial charge in [0.1, 0.15) is 29.5 Å². The van der Waals surface area contributed by atoms with Gasteiger partial charge in [-0.2, -0.15) is 13.2 Å². The van der Waals surface area contributed by atoms with E-state index in [1.807, 2.05) is 5.32 Å². The van der Waals surface area contributed by atoms with Crippen LogP contribution in [-0.2, 0) is 15.8 Å². The maximum Gasteiger partial charge on any atom is 0.424 e. The third kappa shape index (κ3) is 5.04. The summed E-state index contributed by atoms with van der Waals surface area (Å²) in [7, 11) is 0. The van der Waals surface area contributed by atoms with Gasteiger partial charge in [0.25, 0.3) is 0 Å². The third-order valence-corrected chi connectivity index (χ3v) is 5.61. The van der Waals surface area contributed by atoms with E-state index >= 15 is 0 Å². The summed E-state index contributed by atoms with van der Waals surface area (Å²) in [5, 5.41) is 23.0. The molecule has 1 amide bonds. The summed E-state index contributed by atoms with van der Waals surface area (Å²) in [5.74, 6) is -0.895. The van der Waals surface area contributed by atoms with Gasteiger partial charge in [-0.05, 0) is 58.0 Å². The molecule has 7 nitrogen and oxygen atoms in total. The van der Waals surface area contributed by atoms with Gasteiger partial charge in [-0.3, -0.25) is 0 Å². The summed E-state index contributed by atoms with van der Waals surface area (Å²) >= 11 is 0. The predicted octanol–water partition coefficient (Wildman–Crippen LogP) is 4.88. The molecule has 2 atom stereocenters. The minimum absolute atomic E-state index is 0.0580. The Hall–Kier alpha value is -3.34. The molecule has 0 spiro atoms. The van der Waals surface area contributed by atoms with E-state index in [0.717, 1.165) is 18.2 Å². The number of nitrogens with one attached hydrogen (secondary N) is 1. The highest BCUT2D eigenvalue weighted by Gasteiger charge is 2.57. The average Bonchev–Trinajstić information content (AvgIpc) is 3.08. The van der Waals surface area contributed by atoms with E-state index < -0.39 is 46.9 Å². The molecular formula is C24H26F4N2O5. The van der Waals surface area contributed by atoms with Gasteiger partial charge < -0.3 is 25.0 Å². The Kier molecular flexibility index (Phi) is 6.53. The number of hydrogen-bond donors (Lipinski definition) is 3. The zero-order valence-corrected chi connectivity index (χ0v) is 19.6. The van der Waals surface area contributed by atoms with Crippen LogP contribution in [-0.4, -0.2) is 46.2 Å². The highest BCUT2D eigenvalue weighted by molar-refractivity contribution is 5.72. The van der Waals surface area contributed by atoms with Gasteiger partial charge in [0.2, 0.25) is 5.60 Å². The third-order valence-electron chi connectivity index (χ3n) is 5.61. The molecule has 190 valence electrons. The molecule has 0 radical (unpaired) electrons. The van der Waals surface area contributed by atoms with Crippen molar-refractivity contribution in [2.45, 2.75) is 50.5 Å². The Morgan fingerprint density at radius 3 is 2.37 bits per heavy atom. The smallest absolute Gasteiger partial charge is 0.424 e. The fraction of sp³-hybridized carbons (Fsp3) is 0.417. The number of carbonyl (C=O) groups excluding carboxylic acids is 1. The van der Waals surface area contributed by atoms with Crippen LogP contribution in [0.4, 0.5) is 22.4 Å². The van der Waals surface area contributed by atoms with Crippen LogP contribution >= 0.6 is 0 Å². The molecule has 0 saturated carbocycles. The van der Waals surface area contributed by atoms with Crippen LogP contribution in [0, 0.1) is 5.82 Å². The van der Waals surface area contributed by atoms with Gasteiger partial charge in [0.15, 0.2) is 0 Å². The summed E-state index contributed by atoms with van der Waals surface area (Å²) in [6.45, 7) is 8.13. The molecule has 3 N–H and O–H groups in total. The largest absolute Gasteiger partial charge is 0.512 e. The molecule has 1 aliphatic rings. The lowest BCUT2D eigenvalue weighted by molar-refractivity contribution is -0.265. The summed E-state index contributed by atoms with van der Waals surface area (Å²) in [6.07, 6.45) is -6.45. The van der Waals surface area contributed by atoms with Crippen LogP contribution in [0.3, 0.4) is 0 Å². The van der Waals surface area contributed by atoms with Gasteiger partial charge >= 0.3 is 12.3 Å². The summed E-state index contributed by atoms with van der Waals surface area (Å²) < 4.78 is 66.8. The fourth-order valence-electron chi connectivity index (χ4n) is 3.49. The van der Waals surface area contributed by atoms with Gasteiger partial charge in [-0.25, -0.2) is 14.2 Å². The molecule has 2 aromatic rings. The molecule has 1 aromatic carbocycles. The number of benzene rings is 1. The molecule has 35 heavy (non-hydrogen) atoms. The summed E-state index contributed by atoms with van der Waals surface area (Å²) in [6, 6.07) is 5.73. The minimum Gasteiger partial charge on any atom is -0.512 e. The number of alkyl halides is 3. The van der Waals surface area contributed by atoms with Gasteiger partial charge in [0, 0.05) is 11.1 Å². The second-order valence-electron chi connectivity index (χ2n) is 9.52. The Morgan fingerprint density at radius 2 is 1.86 bits per heavy atom. The van der Waals surface area contributed by atoms with E-state index in [9.17, 15) is 32.6 Å². The number of ether oxygens (including phenoxy) is 2. The van der Waals surface area contributed by atoms with Crippen LogP contribution in [0.25, 0.3) is 11.3 Å². The van der Waals surface area contributed by atoms with Gasteiger partial charge in [-0.1, -0.05) is 6.58 Å². The average molecular weight is 498 g/mol. The number of rotatable bonds is 5. The van der Waals surface area contributed by atoms with Crippen molar-refractivity contribution in [2.24, 2.45) is 0 Å². The van der Waals surface area contributed by atoms with Gasteiger partial charge in [-0.15, -0.1) is 0 Å². The van der Waals surface area contributed by atoms with Crippen LogP contribution in [0.2, 0.25) is 0 Å². The van der Waals surface area contributed by atoms with E-state index in [0.29, 0.717) is 0 Å². The number of nitrogens with zero attached hydrogens (tertiary/aromatic N) is 1. The molecule has 0 aliphatic carbocycles. The maximum atomic E-state index is 14.2. The second-order valence-corrected chi connectivity index (χ2v) is 9.52. The van der Waals surface area contributed by atoms with Crippen molar-refractivity contribution in [1.82, 2.24) is 10.3 Å². The molecule has 11 heteroatoms. The molecule has 0 fully saturated rings. The highest BCUT2D eigenvalue weighted by Crippen LogP contribution is 2.49. The van der Waals surface area contributed by atoms with Crippen molar-refractivity contribution in [3.63, 3.8) is 0 Å². The maximum absolute atomic E-state index is 14.2. The Labute approximate surface area is 199 Å². The lowest BCUT2D eigenvalue weighted by atomic mass is 9.81. The van der Waals surface area contributed by atoms with Crippen molar-refractivity contribution in [3.05, 3.63) is 59.7 Å². The molecular weight excluding hydrogens is 472 g/mol. The van der Waals surface area contributed by atoms with E-state index in [2.05, 4.69) is 11.6 Å². The van der Waals surface area contributed by atoms with Crippen LogP contribution in [0.5, 0.6) is 5.75 Å².